The Morgan fingerprint density at radius 1 is 1.32 bits per heavy atom. The van der Waals surface area contributed by atoms with E-state index in [9.17, 15) is 9.90 Å². The van der Waals surface area contributed by atoms with Crippen molar-refractivity contribution in [2.24, 2.45) is 5.92 Å². The maximum absolute atomic E-state index is 11.2. The largest absolute Gasteiger partial charge is 0.481 e. The van der Waals surface area contributed by atoms with Crippen molar-refractivity contribution in [1.29, 1.82) is 0 Å². The van der Waals surface area contributed by atoms with Crippen molar-refractivity contribution in [3.8, 4) is 0 Å². The smallest absolute Gasteiger partial charge is 0.303 e. The molecule has 0 aromatic carbocycles. The van der Waals surface area contributed by atoms with Gasteiger partial charge in [-0.05, 0) is 39.3 Å². The molecule has 1 N–H and O–H groups in total. The van der Waals surface area contributed by atoms with Crippen LogP contribution in [0, 0.1) is 12.8 Å². The molecule has 3 rings (SSSR count). The Balaban J connectivity index is 1.64. The lowest BCUT2D eigenvalue weighted by Gasteiger charge is -2.46. The van der Waals surface area contributed by atoms with Crippen LogP contribution < -0.4 is 0 Å². The number of hydrogen-bond acceptors (Lipinski definition) is 5. The van der Waals surface area contributed by atoms with E-state index < -0.39 is 5.97 Å². The molecule has 1 aromatic heterocycles. The SMILES string of the molecule is C=CCn1cc(CN2CC[C@@H](N3CCN(C)CC3)[C@@H](CCC(=O)O)C2)c(C)n1. The molecule has 0 amide bonds. The summed E-state index contributed by atoms with van der Waals surface area (Å²) in [6.07, 6.45) is 6.12. The molecule has 2 aliphatic rings. The van der Waals surface area contributed by atoms with Gasteiger partial charge in [-0.3, -0.25) is 19.3 Å². The fraction of sp³-hybridized carbons (Fsp3) is 0.714. The molecule has 0 radical (unpaired) electrons. The molecule has 2 aliphatic heterocycles. The number of nitrogens with zero attached hydrogens (tertiary/aromatic N) is 5. The summed E-state index contributed by atoms with van der Waals surface area (Å²) < 4.78 is 1.94. The Kier molecular flexibility index (Phi) is 7.26. The van der Waals surface area contributed by atoms with Crippen LogP contribution in [0.3, 0.4) is 0 Å². The van der Waals surface area contributed by atoms with Gasteiger partial charge in [-0.25, -0.2) is 0 Å². The van der Waals surface area contributed by atoms with E-state index in [1.54, 1.807) is 0 Å². The van der Waals surface area contributed by atoms with Crippen molar-refractivity contribution >= 4 is 5.97 Å². The average Bonchev–Trinajstić information content (AvgIpc) is 3.00. The maximum Gasteiger partial charge on any atom is 0.303 e. The molecule has 0 unspecified atom stereocenters. The van der Waals surface area contributed by atoms with E-state index in [0.29, 0.717) is 12.0 Å². The number of rotatable bonds is 8. The number of aromatic nitrogens is 2. The normalized spacial score (nSPS) is 25.1. The predicted octanol–water partition coefficient (Wildman–Crippen LogP) is 1.68. The molecule has 1 aromatic rings. The monoisotopic (exact) mass is 389 g/mol. The molecule has 2 atom stereocenters. The number of likely N-dealkylation sites (N-methyl/N-ethyl adjacent to an activating group) is 1. The number of allylic oxidation sites excluding steroid dienone is 1. The van der Waals surface area contributed by atoms with Gasteiger partial charge in [0.05, 0.1) is 12.2 Å². The number of carbonyl (C=O) groups is 1. The minimum Gasteiger partial charge on any atom is -0.481 e. The van der Waals surface area contributed by atoms with Gasteiger partial charge in [0.1, 0.15) is 0 Å². The first-order valence-electron chi connectivity index (χ1n) is 10.5. The van der Waals surface area contributed by atoms with Crippen molar-refractivity contribution in [3.63, 3.8) is 0 Å². The zero-order valence-electron chi connectivity index (χ0n) is 17.4. The molecule has 28 heavy (non-hydrogen) atoms. The van der Waals surface area contributed by atoms with Crippen LogP contribution in [0.1, 0.15) is 30.5 Å². The lowest BCUT2D eigenvalue weighted by molar-refractivity contribution is -0.137. The third-order valence-electron chi connectivity index (χ3n) is 6.27. The third-order valence-corrected chi connectivity index (χ3v) is 6.27. The fourth-order valence-electron chi connectivity index (χ4n) is 4.65. The highest BCUT2D eigenvalue weighted by Gasteiger charge is 2.34. The summed E-state index contributed by atoms with van der Waals surface area (Å²) in [5.41, 5.74) is 2.34. The summed E-state index contributed by atoms with van der Waals surface area (Å²) >= 11 is 0. The number of piperazine rings is 1. The lowest BCUT2D eigenvalue weighted by Crippen LogP contribution is -2.56. The highest BCUT2D eigenvalue weighted by atomic mass is 16.4. The Bertz CT molecular complexity index is 666. The van der Waals surface area contributed by atoms with Gasteiger partial charge in [0.2, 0.25) is 0 Å². The van der Waals surface area contributed by atoms with Crippen molar-refractivity contribution in [2.45, 2.75) is 45.3 Å². The second kappa shape index (κ2) is 9.67. The van der Waals surface area contributed by atoms with E-state index in [-0.39, 0.29) is 6.42 Å². The second-order valence-electron chi connectivity index (χ2n) is 8.37. The molecular formula is C21H35N5O2. The van der Waals surface area contributed by atoms with Gasteiger partial charge in [0, 0.05) is 63.5 Å². The molecule has 2 fully saturated rings. The van der Waals surface area contributed by atoms with E-state index in [0.717, 1.165) is 70.9 Å². The Morgan fingerprint density at radius 2 is 2.07 bits per heavy atom. The van der Waals surface area contributed by atoms with Crippen LogP contribution in [0.15, 0.2) is 18.9 Å². The molecule has 0 spiro atoms. The fourth-order valence-corrected chi connectivity index (χ4v) is 4.65. The van der Waals surface area contributed by atoms with Gasteiger partial charge >= 0.3 is 5.97 Å². The predicted molar refractivity (Wildman–Crippen MR) is 110 cm³/mol. The molecule has 0 saturated carbocycles. The standard InChI is InChI=1S/C21H35N5O2/c1-4-8-26-16-19(17(2)22-26)15-24-9-7-20(18(14-24)5-6-21(27)28)25-12-10-23(3)11-13-25/h4,16,18,20H,1,5-15H2,2-3H3,(H,27,28)/t18-,20+/m0/s1. The molecule has 7 heteroatoms. The van der Waals surface area contributed by atoms with Crippen molar-refractivity contribution < 1.29 is 9.90 Å². The third kappa shape index (κ3) is 5.43. The highest BCUT2D eigenvalue weighted by molar-refractivity contribution is 5.66. The number of likely N-dealkylation sites (tertiary alicyclic amines) is 1. The zero-order chi connectivity index (χ0) is 20.1. The minimum absolute atomic E-state index is 0.263. The second-order valence-corrected chi connectivity index (χ2v) is 8.37. The van der Waals surface area contributed by atoms with E-state index in [1.165, 1.54) is 5.56 Å². The topological polar surface area (TPSA) is 64.8 Å². The first-order valence-corrected chi connectivity index (χ1v) is 10.5. The van der Waals surface area contributed by atoms with E-state index >= 15 is 0 Å². The molecule has 156 valence electrons. The van der Waals surface area contributed by atoms with Gasteiger partial charge in [0.25, 0.3) is 0 Å². The molecule has 3 heterocycles. The van der Waals surface area contributed by atoms with E-state index in [4.69, 9.17) is 0 Å². The molecular weight excluding hydrogens is 354 g/mol. The van der Waals surface area contributed by atoms with Crippen LogP contribution in [-0.2, 0) is 17.9 Å². The van der Waals surface area contributed by atoms with Crippen molar-refractivity contribution in [3.05, 3.63) is 30.1 Å². The summed E-state index contributed by atoms with van der Waals surface area (Å²) in [4.78, 5) is 18.7. The van der Waals surface area contributed by atoms with Crippen LogP contribution in [0.2, 0.25) is 0 Å². The number of aliphatic carboxylic acids is 1. The Hall–Kier alpha value is -1.70. The quantitative estimate of drug-likeness (QED) is 0.683. The van der Waals surface area contributed by atoms with Crippen LogP contribution in [0.4, 0.5) is 0 Å². The van der Waals surface area contributed by atoms with Gasteiger partial charge in [-0.2, -0.15) is 5.10 Å². The average molecular weight is 390 g/mol. The van der Waals surface area contributed by atoms with Gasteiger partial charge in [-0.15, -0.1) is 6.58 Å². The first kappa shape index (κ1) is 21.0. The summed E-state index contributed by atoms with van der Waals surface area (Å²) in [5.74, 6) is -0.271. The van der Waals surface area contributed by atoms with Crippen molar-refractivity contribution in [2.75, 3.05) is 46.3 Å². The summed E-state index contributed by atoms with van der Waals surface area (Å²) in [6, 6.07) is 0.508. The molecule has 2 saturated heterocycles. The van der Waals surface area contributed by atoms with Gasteiger partial charge < -0.3 is 10.0 Å². The Morgan fingerprint density at radius 3 is 2.75 bits per heavy atom. The van der Waals surface area contributed by atoms with Gasteiger partial charge in [0.15, 0.2) is 0 Å². The van der Waals surface area contributed by atoms with Crippen molar-refractivity contribution in [1.82, 2.24) is 24.5 Å². The number of aryl methyl sites for hydroxylation is 1. The van der Waals surface area contributed by atoms with E-state index in [1.807, 2.05) is 10.8 Å². The molecule has 0 bridgehead atoms. The Labute approximate surface area is 168 Å². The lowest BCUT2D eigenvalue weighted by atomic mass is 9.86. The number of carboxylic acids is 1. The van der Waals surface area contributed by atoms with Crippen LogP contribution in [-0.4, -0.2) is 87.9 Å². The van der Waals surface area contributed by atoms with E-state index in [2.05, 4.69) is 46.5 Å². The first-order chi connectivity index (χ1) is 13.5. The zero-order valence-corrected chi connectivity index (χ0v) is 17.4. The summed E-state index contributed by atoms with van der Waals surface area (Å²) in [5, 5.41) is 13.8. The van der Waals surface area contributed by atoms with Crippen LogP contribution in [0.25, 0.3) is 0 Å². The summed E-state index contributed by atoms with van der Waals surface area (Å²) in [7, 11) is 2.18. The minimum atomic E-state index is -0.684. The molecule has 0 aliphatic carbocycles. The number of hydrogen-bond donors (Lipinski definition) is 1. The maximum atomic E-state index is 11.2. The number of carboxylic acid groups (broad SMARTS) is 1. The summed E-state index contributed by atoms with van der Waals surface area (Å²) in [6.45, 7) is 13.9. The van der Waals surface area contributed by atoms with Crippen LogP contribution >= 0.6 is 0 Å². The number of piperidine rings is 1. The van der Waals surface area contributed by atoms with Gasteiger partial charge in [-0.1, -0.05) is 6.08 Å². The molecule has 7 nitrogen and oxygen atoms in total. The highest BCUT2D eigenvalue weighted by Crippen LogP contribution is 2.28. The van der Waals surface area contributed by atoms with Crippen LogP contribution in [0.5, 0.6) is 0 Å².